The third kappa shape index (κ3) is 6.03. The molecule has 0 fully saturated rings. The fraction of sp³-hybridized carbons (Fsp3) is 0.100. The van der Waals surface area contributed by atoms with E-state index >= 15 is 0 Å². The Labute approximate surface area is 401 Å². The molecule has 6 heteroatoms. The van der Waals surface area contributed by atoms with Gasteiger partial charge in [0.15, 0.2) is 0 Å². The van der Waals surface area contributed by atoms with Crippen molar-refractivity contribution in [2.24, 2.45) is 0 Å². The number of hydrogen-bond acceptors (Lipinski definition) is 2. The Kier molecular flexibility index (Phi) is 7.95. The van der Waals surface area contributed by atoms with Crippen LogP contribution < -0.4 is 4.74 Å². The summed E-state index contributed by atoms with van der Waals surface area (Å²) >= 11 is 2.51. The predicted molar refractivity (Wildman–Crippen MR) is 262 cm³/mol. The summed E-state index contributed by atoms with van der Waals surface area (Å²) < 4.78 is 56.4. The van der Waals surface area contributed by atoms with Crippen LogP contribution in [0.5, 0.6) is 11.5 Å². The van der Waals surface area contributed by atoms with Gasteiger partial charge in [0.2, 0.25) is 0 Å². The second kappa shape index (κ2) is 15.4. The van der Waals surface area contributed by atoms with Crippen LogP contribution >= 0.6 is 0 Å². The molecule has 2 aliphatic rings. The quantitative estimate of drug-likeness (QED) is 0.149. The molecule has 1 unspecified atom stereocenters. The summed E-state index contributed by atoms with van der Waals surface area (Å²) in [5.74, 6) is 1.63. The first-order valence-corrected chi connectivity index (χ1v) is 23.4. The predicted octanol–water partition coefficient (Wildman–Crippen LogP) is 14.2. The smallest absolute Gasteiger partial charge is 0.0616 e. The molecule has 0 saturated carbocycles. The Morgan fingerprint density at radius 3 is 2.18 bits per heavy atom. The van der Waals surface area contributed by atoms with Crippen molar-refractivity contribution in [1.29, 1.82) is 0 Å². The van der Waals surface area contributed by atoms with Gasteiger partial charge >= 0.3 is 324 Å². The molecule has 2 aliphatic carbocycles. The van der Waals surface area contributed by atoms with Crippen LogP contribution in [0.2, 0.25) is 0 Å². The van der Waals surface area contributed by atoms with Crippen molar-refractivity contribution in [2.45, 2.75) is 38.0 Å². The maximum absolute atomic E-state index is 8.62. The molecule has 1 atom stereocenters. The van der Waals surface area contributed by atoms with Gasteiger partial charge in [-0.2, -0.15) is 0 Å². The van der Waals surface area contributed by atoms with Crippen LogP contribution in [0.3, 0.4) is 0 Å². The summed E-state index contributed by atoms with van der Waals surface area (Å²) in [5, 5.41) is 1.97. The van der Waals surface area contributed by atoms with Crippen molar-refractivity contribution in [2.75, 3.05) is 0 Å². The molecule has 0 N–H and O–H groups in total. The van der Waals surface area contributed by atoms with Gasteiger partial charge in [-0.3, -0.25) is 0 Å². The van der Waals surface area contributed by atoms with E-state index in [1.807, 2.05) is 60.0 Å². The number of ether oxygens (including phenoxy) is 1. The van der Waals surface area contributed by atoms with E-state index in [9.17, 15) is 0 Å². The Balaban J connectivity index is 0.928. The van der Waals surface area contributed by atoms with Crippen LogP contribution in [-0.4, -0.2) is 18.7 Å². The molecular weight excluding hydrogens is 988 g/mol. The van der Waals surface area contributed by atoms with Crippen molar-refractivity contribution in [3.8, 4) is 50.9 Å². The first-order chi connectivity index (χ1) is 34.6. The second-order valence-corrected chi connectivity index (χ2v) is 18.3. The first kappa shape index (κ1) is 34.1. The third-order valence-electron chi connectivity index (χ3n) is 13.8. The zero-order valence-corrected chi connectivity index (χ0v) is 38.1. The van der Waals surface area contributed by atoms with Gasteiger partial charge in [0.05, 0.1) is 6.85 Å². The van der Waals surface area contributed by atoms with E-state index in [4.69, 9.17) is 16.6 Å². The molecule has 11 aromatic rings. The number of nitrogens with zero attached hydrogens (tertiary/aromatic N) is 4. The minimum atomic E-state index is -0.428. The number of pyridine rings is 1. The summed E-state index contributed by atoms with van der Waals surface area (Å²) in [6, 6.07) is 58.8. The van der Waals surface area contributed by atoms with Gasteiger partial charge in [0.25, 0.3) is 0 Å². The summed E-state index contributed by atoms with van der Waals surface area (Å²) in [6.45, 7) is 1.87. The van der Waals surface area contributed by atoms with E-state index < -0.39 is 6.04 Å². The number of aryl methyl sites for hydroxylation is 3. The number of aromatic nitrogens is 4. The topological polar surface area (TPSA) is 36.9 Å². The number of imidazole rings is 1. The number of benzene rings is 8. The van der Waals surface area contributed by atoms with Crippen LogP contribution in [0.15, 0.2) is 188 Å². The number of para-hydroxylation sites is 3. The molecule has 13 rings (SSSR count). The summed E-state index contributed by atoms with van der Waals surface area (Å²) in [4.78, 5) is 4.87. The van der Waals surface area contributed by atoms with Crippen LogP contribution in [0.1, 0.15) is 47.5 Å². The summed E-state index contributed by atoms with van der Waals surface area (Å²) in [6.07, 6.45) is 5.88. The van der Waals surface area contributed by atoms with Crippen LogP contribution in [0.4, 0.5) is 0 Å². The molecule has 3 aromatic heterocycles. The van der Waals surface area contributed by atoms with Gasteiger partial charge in [-0.25, -0.2) is 0 Å². The van der Waals surface area contributed by atoms with Crippen molar-refractivity contribution >= 4 is 32.8 Å². The molecular formula is C60H42N4OPt-2. The standard InChI is InChI=1S/C60H42N4O.Pt/c1-40-35-57(61-38-51(40)42-17-6-3-7-18-42)64-53-24-11-9-22-49(53)50-30-28-47(37-56(50)64)65-46-21-14-20-45(36-46)62-39-63(55-26-13-12-25-54(55)62)59-48(41-15-4-2-5-16-41)29-27-44-32-34-60(58(44)59)33-31-43-19-8-10-23-52(43)60;/h2-30,35,38H,31-34H2,1H3;/q-2;/i3D,6D,7D,17D,18D;. The Morgan fingerprint density at radius 1 is 0.621 bits per heavy atom. The van der Waals surface area contributed by atoms with Crippen molar-refractivity contribution in [3.63, 3.8) is 0 Å². The first-order valence-electron chi connectivity index (χ1n) is 24.8. The number of rotatable bonds is 7. The van der Waals surface area contributed by atoms with Crippen molar-refractivity contribution < 1.29 is 30.9 Å². The van der Waals surface area contributed by atoms with E-state index in [1.165, 1.54) is 39.1 Å². The normalized spacial score (nSPS) is 16.3. The molecule has 3 heterocycles. The van der Waals surface area contributed by atoms with Crippen LogP contribution in [-0.2, 0) is 37.6 Å². The van der Waals surface area contributed by atoms with Gasteiger partial charge in [0, 0.05) is 11.8 Å². The fourth-order valence-electron chi connectivity index (χ4n) is 10.9. The molecule has 320 valence electrons. The zero-order valence-electron chi connectivity index (χ0n) is 40.9. The molecule has 0 bridgehead atoms. The Hall–Kier alpha value is -7.33. The fourth-order valence-corrected chi connectivity index (χ4v) is 12.0. The molecule has 8 aromatic carbocycles. The number of fused-ring (bicyclic) bond motifs is 8. The van der Waals surface area contributed by atoms with Crippen LogP contribution in [0.25, 0.3) is 72.3 Å². The molecule has 5 nitrogen and oxygen atoms in total. The molecule has 66 heavy (non-hydrogen) atoms. The summed E-state index contributed by atoms with van der Waals surface area (Å²) in [5.41, 5.74) is 15.3. The average molecular weight is 1040 g/mol. The SMILES string of the molecule is [2H]c1c([2H])c([2H])c(-c2cnc(-n3c4[c-]c(Oc5[c-]c(-n6[c](=[Pt])n(-c7c(-c8ccccc8)ccc8c7C7(CCc9ccccc97)CC8)c7ccccc76)ccc5)ccc4c4ccccc43)cc2C)c([2H])c1[2H]. The van der Waals surface area contributed by atoms with E-state index in [2.05, 4.69) is 144 Å². The third-order valence-corrected chi connectivity index (χ3v) is 14.8. The average Bonchev–Trinajstić information content (AvgIpc) is 4.15. The van der Waals surface area contributed by atoms with Gasteiger partial charge < -0.3 is 0 Å². The molecule has 0 radical (unpaired) electrons. The second-order valence-electron chi connectivity index (χ2n) is 17.3. The van der Waals surface area contributed by atoms with Gasteiger partial charge in [0.1, 0.15) is 0 Å². The minimum absolute atomic E-state index is 0.0821. The molecule has 0 amide bonds. The summed E-state index contributed by atoms with van der Waals surface area (Å²) in [7, 11) is 0. The van der Waals surface area contributed by atoms with Gasteiger partial charge in [-0.05, 0) is 18.1 Å². The zero-order chi connectivity index (χ0) is 48.3. The molecule has 1 spiro atoms. The monoisotopic (exact) mass is 1030 g/mol. The van der Waals surface area contributed by atoms with E-state index in [0.717, 1.165) is 68.0 Å². The van der Waals surface area contributed by atoms with Crippen molar-refractivity contribution in [1.82, 2.24) is 18.7 Å². The van der Waals surface area contributed by atoms with E-state index in [0.29, 0.717) is 28.4 Å². The molecule has 0 aliphatic heterocycles. The van der Waals surface area contributed by atoms with Gasteiger partial charge in [-0.1, -0.05) is 42.3 Å². The Bertz CT molecular complexity index is 4070. The Morgan fingerprint density at radius 2 is 1.35 bits per heavy atom. The van der Waals surface area contributed by atoms with E-state index in [1.54, 1.807) is 6.20 Å². The number of hydrogen-bond donors (Lipinski definition) is 0. The van der Waals surface area contributed by atoms with Gasteiger partial charge in [-0.15, -0.1) is 0 Å². The molecule has 0 saturated heterocycles. The maximum atomic E-state index is 8.62. The minimum Gasteiger partial charge on any atom is -0.0616 e. The van der Waals surface area contributed by atoms with Crippen molar-refractivity contribution in [3.05, 3.63) is 232 Å². The van der Waals surface area contributed by atoms with Crippen LogP contribution in [0, 0.1) is 22.9 Å². The van der Waals surface area contributed by atoms with E-state index in [-0.39, 0.29) is 35.1 Å².